The van der Waals surface area contributed by atoms with Gasteiger partial charge in [0.25, 0.3) is 0 Å². The number of hydrazine groups is 1. The number of nitrogen functional groups attached to an aromatic ring is 1. The third kappa shape index (κ3) is 3.04. The predicted octanol–water partition coefficient (Wildman–Crippen LogP) is 4.35. The molecule has 4 nitrogen and oxygen atoms in total. The summed E-state index contributed by atoms with van der Waals surface area (Å²) < 4.78 is 26.9. The first-order valence-electron chi connectivity index (χ1n) is 5.16. The molecule has 0 unspecified atom stereocenters. The fraction of sp³-hybridized carbons (Fsp3) is 0. The Morgan fingerprint density at radius 3 is 2.15 bits per heavy atom. The van der Waals surface area contributed by atoms with Crippen molar-refractivity contribution in [3.05, 3.63) is 44.9 Å². The molecule has 0 saturated heterocycles. The van der Waals surface area contributed by atoms with Crippen LogP contribution >= 0.6 is 34.8 Å². The second-order valence-corrected chi connectivity index (χ2v) is 4.89. The van der Waals surface area contributed by atoms with Crippen molar-refractivity contribution in [2.45, 2.75) is 0 Å². The highest BCUT2D eigenvalue weighted by molar-refractivity contribution is 6.44. The fourth-order valence-electron chi connectivity index (χ4n) is 1.40. The second kappa shape index (κ2) is 5.97. The number of rotatable bonds is 3. The lowest BCUT2D eigenvalue weighted by atomic mass is 10.3. The number of halogens is 5. The van der Waals surface area contributed by atoms with Crippen LogP contribution in [0.15, 0.2) is 18.2 Å². The van der Waals surface area contributed by atoms with Gasteiger partial charge in [-0.3, -0.25) is 0 Å². The monoisotopic (exact) mass is 338 g/mol. The van der Waals surface area contributed by atoms with Gasteiger partial charge in [0.05, 0.1) is 20.8 Å². The van der Waals surface area contributed by atoms with E-state index in [-0.39, 0.29) is 32.4 Å². The molecule has 0 bridgehead atoms. The number of hydrogen-bond donors (Lipinski definition) is 3. The van der Waals surface area contributed by atoms with Crippen molar-refractivity contribution in [3.8, 4) is 0 Å². The van der Waals surface area contributed by atoms with Gasteiger partial charge in [0.2, 0.25) is 0 Å². The van der Waals surface area contributed by atoms with Crippen LogP contribution in [0, 0.1) is 11.6 Å². The highest BCUT2D eigenvalue weighted by atomic mass is 35.5. The molecular formula is C11H7Cl3F2N4. The van der Waals surface area contributed by atoms with E-state index < -0.39 is 11.6 Å². The molecule has 0 aliphatic heterocycles. The lowest BCUT2D eigenvalue weighted by molar-refractivity contribution is 0.579. The van der Waals surface area contributed by atoms with Crippen LogP contribution in [0.2, 0.25) is 15.1 Å². The molecule has 0 fully saturated rings. The van der Waals surface area contributed by atoms with Crippen LogP contribution in [0.1, 0.15) is 0 Å². The number of hydrogen-bond acceptors (Lipinski definition) is 4. The number of aromatic nitrogens is 1. The Balaban J connectivity index is 2.42. The lowest BCUT2D eigenvalue weighted by Gasteiger charge is -2.11. The van der Waals surface area contributed by atoms with E-state index in [1.165, 1.54) is 12.1 Å². The quantitative estimate of drug-likeness (QED) is 0.442. The van der Waals surface area contributed by atoms with E-state index in [1.54, 1.807) is 0 Å². The van der Waals surface area contributed by atoms with E-state index in [4.69, 9.17) is 40.6 Å². The van der Waals surface area contributed by atoms with Gasteiger partial charge in [0.1, 0.15) is 0 Å². The van der Waals surface area contributed by atoms with E-state index in [1.807, 2.05) is 5.43 Å². The van der Waals surface area contributed by atoms with Gasteiger partial charge in [-0.2, -0.15) is 0 Å². The third-order valence-corrected chi connectivity index (χ3v) is 3.36. The molecule has 9 heteroatoms. The van der Waals surface area contributed by atoms with E-state index in [0.717, 1.165) is 0 Å². The Bertz CT molecular complexity index is 667. The van der Waals surface area contributed by atoms with E-state index in [9.17, 15) is 8.78 Å². The SMILES string of the molecule is NNc1nc(Nc2cc(Cl)c(Cl)cc2Cl)c(F)cc1F. The summed E-state index contributed by atoms with van der Waals surface area (Å²) in [7, 11) is 0. The number of nitrogens with zero attached hydrogens (tertiary/aromatic N) is 1. The lowest BCUT2D eigenvalue weighted by Crippen LogP contribution is -2.12. The molecule has 0 spiro atoms. The van der Waals surface area contributed by atoms with E-state index >= 15 is 0 Å². The van der Waals surface area contributed by atoms with Crippen molar-refractivity contribution in [2.75, 3.05) is 10.7 Å². The van der Waals surface area contributed by atoms with Crippen molar-refractivity contribution < 1.29 is 8.78 Å². The molecule has 1 heterocycles. The molecule has 20 heavy (non-hydrogen) atoms. The van der Waals surface area contributed by atoms with Crippen LogP contribution in [0.25, 0.3) is 0 Å². The number of pyridine rings is 1. The molecule has 0 radical (unpaired) electrons. The molecule has 0 amide bonds. The average molecular weight is 340 g/mol. The van der Waals surface area contributed by atoms with Crippen LogP contribution in [0.3, 0.4) is 0 Å². The molecule has 0 atom stereocenters. The Hall–Kier alpha value is -1.34. The molecule has 2 aromatic rings. The molecule has 106 valence electrons. The maximum Gasteiger partial charge on any atom is 0.178 e. The summed E-state index contributed by atoms with van der Waals surface area (Å²) in [4.78, 5) is 3.65. The zero-order valence-corrected chi connectivity index (χ0v) is 11.9. The molecule has 0 saturated carbocycles. The minimum absolute atomic E-state index is 0.201. The van der Waals surface area contributed by atoms with Crippen LogP contribution in [-0.2, 0) is 0 Å². The molecule has 1 aromatic heterocycles. The van der Waals surface area contributed by atoms with Crippen molar-refractivity contribution in [1.29, 1.82) is 0 Å². The summed E-state index contributed by atoms with van der Waals surface area (Å²) in [5.41, 5.74) is 2.28. The number of nitrogens with one attached hydrogen (secondary N) is 2. The van der Waals surface area contributed by atoms with Gasteiger partial charge in [-0.05, 0) is 12.1 Å². The second-order valence-electron chi connectivity index (χ2n) is 3.66. The fourth-order valence-corrected chi connectivity index (χ4v) is 2.00. The van der Waals surface area contributed by atoms with Gasteiger partial charge < -0.3 is 10.7 Å². The molecule has 4 N–H and O–H groups in total. The first-order chi connectivity index (χ1) is 9.42. The Morgan fingerprint density at radius 2 is 1.50 bits per heavy atom. The Labute approximate surface area is 127 Å². The van der Waals surface area contributed by atoms with Gasteiger partial charge >= 0.3 is 0 Å². The zero-order valence-electron chi connectivity index (χ0n) is 9.65. The zero-order chi connectivity index (χ0) is 14.9. The topological polar surface area (TPSA) is 63.0 Å². The summed E-state index contributed by atoms with van der Waals surface area (Å²) in [6.07, 6.45) is 0. The normalized spacial score (nSPS) is 10.5. The molecule has 1 aromatic carbocycles. The first-order valence-corrected chi connectivity index (χ1v) is 6.30. The van der Waals surface area contributed by atoms with Gasteiger partial charge in [-0.15, -0.1) is 0 Å². The maximum absolute atomic E-state index is 13.6. The maximum atomic E-state index is 13.6. The largest absolute Gasteiger partial charge is 0.336 e. The molecular weight excluding hydrogens is 333 g/mol. The van der Waals surface area contributed by atoms with Crippen molar-refractivity contribution in [1.82, 2.24) is 4.98 Å². The Morgan fingerprint density at radius 1 is 0.900 bits per heavy atom. The summed E-state index contributed by atoms with van der Waals surface area (Å²) in [5.74, 6) is 2.66. The minimum atomic E-state index is -0.921. The molecule has 0 aliphatic carbocycles. The van der Waals surface area contributed by atoms with Gasteiger partial charge in [-0.1, -0.05) is 34.8 Å². The summed E-state index contributed by atoms with van der Waals surface area (Å²) in [6.45, 7) is 0. The van der Waals surface area contributed by atoms with Crippen LogP contribution in [-0.4, -0.2) is 4.98 Å². The number of anilines is 3. The van der Waals surface area contributed by atoms with Gasteiger partial charge in [0.15, 0.2) is 23.3 Å². The smallest absolute Gasteiger partial charge is 0.178 e. The van der Waals surface area contributed by atoms with Crippen molar-refractivity contribution in [3.63, 3.8) is 0 Å². The molecule has 0 aliphatic rings. The van der Waals surface area contributed by atoms with Gasteiger partial charge in [-0.25, -0.2) is 19.6 Å². The van der Waals surface area contributed by atoms with Crippen molar-refractivity contribution >= 4 is 52.1 Å². The minimum Gasteiger partial charge on any atom is -0.336 e. The van der Waals surface area contributed by atoms with Gasteiger partial charge in [0, 0.05) is 6.07 Å². The Kier molecular flexibility index (Phi) is 4.49. The first kappa shape index (κ1) is 15.1. The summed E-state index contributed by atoms with van der Waals surface area (Å²) >= 11 is 17.6. The predicted molar refractivity (Wildman–Crippen MR) is 76.7 cm³/mol. The highest BCUT2D eigenvalue weighted by Crippen LogP contribution is 2.34. The van der Waals surface area contributed by atoms with Crippen LogP contribution < -0.4 is 16.6 Å². The van der Waals surface area contributed by atoms with Crippen molar-refractivity contribution in [2.24, 2.45) is 5.84 Å². The average Bonchev–Trinajstić information content (AvgIpc) is 2.38. The summed E-state index contributed by atoms with van der Waals surface area (Å²) in [6, 6.07) is 3.42. The van der Waals surface area contributed by atoms with Crippen LogP contribution in [0.5, 0.6) is 0 Å². The number of nitrogens with two attached hydrogens (primary N) is 1. The molecule has 2 rings (SSSR count). The highest BCUT2D eigenvalue weighted by Gasteiger charge is 2.13. The van der Waals surface area contributed by atoms with E-state index in [2.05, 4.69) is 10.3 Å². The van der Waals surface area contributed by atoms with E-state index in [0.29, 0.717) is 6.07 Å². The standard InChI is InChI=1S/C11H7Cl3F2N4/c12-4-1-6(14)9(2-5(4)13)18-10-7(15)3-8(16)11(19-10)20-17/h1-3H,17H2,(H2,18,19,20). The third-order valence-electron chi connectivity index (χ3n) is 2.33. The number of benzene rings is 1. The summed E-state index contributed by atoms with van der Waals surface area (Å²) in [5, 5.41) is 3.26. The van der Waals surface area contributed by atoms with Crippen LogP contribution in [0.4, 0.5) is 26.1 Å².